The summed E-state index contributed by atoms with van der Waals surface area (Å²) in [5, 5.41) is 7.23. The molecule has 0 amide bonds. The molecule has 172 valence electrons. The number of pyridine rings is 1. The number of guanidine groups is 1. The lowest BCUT2D eigenvalue weighted by atomic mass is 9.89. The summed E-state index contributed by atoms with van der Waals surface area (Å²) in [5.41, 5.74) is 3.72. The van der Waals surface area contributed by atoms with Crippen molar-refractivity contribution in [3.8, 4) is 0 Å². The Morgan fingerprint density at radius 1 is 1.12 bits per heavy atom. The number of piperidine rings is 1. The summed E-state index contributed by atoms with van der Waals surface area (Å²) in [7, 11) is 1.86. The van der Waals surface area contributed by atoms with Crippen molar-refractivity contribution in [2.24, 2.45) is 10.9 Å². The molecule has 2 aliphatic rings. The average molecular weight is 436 g/mol. The first-order valence-electron chi connectivity index (χ1n) is 12.0. The lowest BCUT2D eigenvalue weighted by Gasteiger charge is -2.34. The van der Waals surface area contributed by atoms with Gasteiger partial charge in [-0.25, -0.2) is 0 Å². The van der Waals surface area contributed by atoms with E-state index in [1.165, 1.54) is 17.5 Å². The highest BCUT2D eigenvalue weighted by Gasteiger charge is 2.28. The molecular formula is C26H37N5O. The fourth-order valence-electron chi connectivity index (χ4n) is 4.75. The van der Waals surface area contributed by atoms with Crippen LogP contribution in [0.4, 0.5) is 0 Å². The van der Waals surface area contributed by atoms with Gasteiger partial charge in [0.25, 0.3) is 0 Å². The van der Waals surface area contributed by atoms with Gasteiger partial charge in [-0.05, 0) is 50.3 Å². The van der Waals surface area contributed by atoms with Crippen molar-refractivity contribution in [3.63, 3.8) is 0 Å². The lowest BCUT2D eigenvalue weighted by molar-refractivity contribution is -0.0265. The lowest BCUT2D eigenvalue weighted by Crippen LogP contribution is -2.49. The second-order valence-electron chi connectivity index (χ2n) is 9.07. The van der Waals surface area contributed by atoms with Crippen molar-refractivity contribution in [2.45, 2.75) is 51.3 Å². The van der Waals surface area contributed by atoms with E-state index in [0.717, 1.165) is 63.7 Å². The summed E-state index contributed by atoms with van der Waals surface area (Å²) in [5.74, 6) is 1.35. The van der Waals surface area contributed by atoms with Gasteiger partial charge in [-0.2, -0.15) is 0 Å². The molecule has 32 heavy (non-hydrogen) atoms. The summed E-state index contributed by atoms with van der Waals surface area (Å²) in [6.07, 6.45) is 6.56. The maximum atomic E-state index is 6.18. The first-order chi connectivity index (χ1) is 15.7. The molecule has 2 aromatic rings. The molecular weight excluding hydrogens is 398 g/mol. The van der Waals surface area contributed by atoms with Crippen LogP contribution in [0.2, 0.25) is 0 Å². The smallest absolute Gasteiger partial charge is 0.191 e. The SMILES string of the molecule is CN=C(NCC1CCCOC1c1ccc(C)cc1)NC1CCN(Cc2ccccn2)CC1. The first-order valence-corrected chi connectivity index (χ1v) is 12.0. The van der Waals surface area contributed by atoms with E-state index < -0.39 is 0 Å². The normalized spacial score (nSPS) is 23.1. The van der Waals surface area contributed by atoms with Crippen molar-refractivity contribution in [2.75, 3.05) is 33.3 Å². The molecule has 2 atom stereocenters. The van der Waals surface area contributed by atoms with Crippen LogP contribution < -0.4 is 10.6 Å². The van der Waals surface area contributed by atoms with Crippen LogP contribution in [0.5, 0.6) is 0 Å². The van der Waals surface area contributed by atoms with E-state index in [4.69, 9.17) is 4.74 Å². The molecule has 3 heterocycles. The number of ether oxygens (including phenoxy) is 1. The molecule has 2 aliphatic heterocycles. The molecule has 0 aliphatic carbocycles. The molecule has 6 nitrogen and oxygen atoms in total. The van der Waals surface area contributed by atoms with Crippen molar-refractivity contribution in [1.82, 2.24) is 20.5 Å². The first kappa shape index (κ1) is 22.7. The van der Waals surface area contributed by atoms with Crippen LogP contribution in [0.3, 0.4) is 0 Å². The third-order valence-corrected chi connectivity index (χ3v) is 6.65. The van der Waals surface area contributed by atoms with Crippen LogP contribution >= 0.6 is 0 Å². The van der Waals surface area contributed by atoms with Crippen LogP contribution in [0, 0.1) is 12.8 Å². The fraction of sp³-hybridized carbons (Fsp3) is 0.538. The standard InChI is InChI=1S/C26H37N5O/c1-20-8-10-21(11-9-20)25-22(6-5-17-32-25)18-29-26(27-2)30-23-12-15-31(16-13-23)19-24-7-3-4-14-28-24/h3-4,7-11,14,22-23,25H,5-6,12-13,15-19H2,1-2H3,(H2,27,29,30). The number of nitrogens with zero attached hydrogens (tertiary/aromatic N) is 3. The van der Waals surface area contributed by atoms with Gasteiger partial charge in [-0.1, -0.05) is 35.9 Å². The Bertz CT molecular complexity index is 846. The maximum Gasteiger partial charge on any atom is 0.191 e. The Hall–Kier alpha value is -2.44. The number of nitrogens with one attached hydrogen (secondary N) is 2. The minimum absolute atomic E-state index is 0.157. The molecule has 2 fully saturated rings. The summed E-state index contributed by atoms with van der Waals surface area (Å²) in [4.78, 5) is 11.4. The Morgan fingerprint density at radius 3 is 2.66 bits per heavy atom. The summed E-state index contributed by atoms with van der Waals surface area (Å²) >= 11 is 0. The molecule has 1 aromatic heterocycles. The topological polar surface area (TPSA) is 61.8 Å². The predicted molar refractivity (Wildman–Crippen MR) is 130 cm³/mol. The number of benzene rings is 1. The number of hydrogen-bond acceptors (Lipinski definition) is 4. The van der Waals surface area contributed by atoms with Gasteiger partial charge in [0.1, 0.15) is 0 Å². The van der Waals surface area contributed by atoms with Gasteiger partial charge in [-0.15, -0.1) is 0 Å². The fourth-order valence-corrected chi connectivity index (χ4v) is 4.75. The van der Waals surface area contributed by atoms with Gasteiger partial charge in [0.2, 0.25) is 0 Å². The van der Waals surface area contributed by atoms with Gasteiger partial charge in [-0.3, -0.25) is 14.9 Å². The van der Waals surface area contributed by atoms with Crippen LogP contribution in [0.25, 0.3) is 0 Å². The Balaban J connectivity index is 1.24. The molecule has 2 saturated heterocycles. The minimum Gasteiger partial charge on any atom is -0.373 e. The Kier molecular flexibility index (Phi) is 8.13. The number of aryl methyl sites for hydroxylation is 1. The number of aliphatic imine (C=N–C) groups is 1. The Labute approximate surface area is 192 Å². The molecule has 2 unspecified atom stereocenters. The molecule has 6 heteroatoms. The van der Waals surface area contributed by atoms with E-state index in [2.05, 4.69) is 68.8 Å². The number of aromatic nitrogens is 1. The third-order valence-electron chi connectivity index (χ3n) is 6.65. The van der Waals surface area contributed by atoms with E-state index >= 15 is 0 Å². The van der Waals surface area contributed by atoms with Gasteiger partial charge < -0.3 is 15.4 Å². The summed E-state index contributed by atoms with van der Waals surface area (Å²) in [6.45, 7) is 6.94. The second-order valence-corrected chi connectivity index (χ2v) is 9.07. The number of hydrogen-bond donors (Lipinski definition) is 2. The van der Waals surface area contributed by atoms with Crippen molar-refractivity contribution in [3.05, 3.63) is 65.5 Å². The Morgan fingerprint density at radius 2 is 1.94 bits per heavy atom. The molecule has 1 aromatic carbocycles. The van der Waals surface area contributed by atoms with Gasteiger partial charge >= 0.3 is 0 Å². The molecule has 4 rings (SSSR count). The van der Waals surface area contributed by atoms with E-state index in [9.17, 15) is 0 Å². The zero-order valence-corrected chi connectivity index (χ0v) is 19.5. The van der Waals surface area contributed by atoms with Gasteiger partial charge in [0.05, 0.1) is 11.8 Å². The van der Waals surface area contributed by atoms with Crippen LogP contribution in [-0.2, 0) is 11.3 Å². The average Bonchev–Trinajstić information content (AvgIpc) is 2.84. The molecule has 2 N–H and O–H groups in total. The van der Waals surface area contributed by atoms with E-state index in [1.54, 1.807) is 0 Å². The zero-order chi connectivity index (χ0) is 22.2. The molecule has 0 bridgehead atoms. The minimum atomic E-state index is 0.157. The highest BCUT2D eigenvalue weighted by molar-refractivity contribution is 5.80. The molecule has 0 saturated carbocycles. The third kappa shape index (κ3) is 6.30. The predicted octanol–water partition coefficient (Wildman–Crippen LogP) is 3.69. The number of likely N-dealkylation sites (tertiary alicyclic amines) is 1. The maximum absolute atomic E-state index is 6.18. The molecule has 0 radical (unpaired) electrons. The quantitative estimate of drug-likeness (QED) is 0.535. The number of rotatable bonds is 6. The summed E-state index contributed by atoms with van der Waals surface area (Å²) < 4.78 is 6.18. The van der Waals surface area contributed by atoms with Crippen molar-refractivity contribution < 1.29 is 4.74 Å². The highest BCUT2D eigenvalue weighted by atomic mass is 16.5. The van der Waals surface area contributed by atoms with Crippen LogP contribution in [-0.4, -0.2) is 55.2 Å². The van der Waals surface area contributed by atoms with Gasteiger partial charge in [0, 0.05) is 58.0 Å². The summed E-state index contributed by atoms with van der Waals surface area (Å²) in [6, 6.07) is 15.4. The van der Waals surface area contributed by atoms with Crippen LogP contribution in [0.15, 0.2) is 53.7 Å². The largest absolute Gasteiger partial charge is 0.373 e. The highest BCUT2D eigenvalue weighted by Crippen LogP contribution is 2.33. The van der Waals surface area contributed by atoms with Crippen molar-refractivity contribution in [1.29, 1.82) is 0 Å². The van der Waals surface area contributed by atoms with E-state index in [-0.39, 0.29) is 6.10 Å². The van der Waals surface area contributed by atoms with Gasteiger partial charge in [0.15, 0.2) is 5.96 Å². The van der Waals surface area contributed by atoms with Crippen LogP contribution in [0.1, 0.15) is 48.6 Å². The monoisotopic (exact) mass is 435 g/mol. The second kappa shape index (κ2) is 11.4. The molecule has 0 spiro atoms. The van der Waals surface area contributed by atoms with Crippen molar-refractivity contribution >= 4 is 5.96 Å². The van der Waals surface area contributed by atoms with E-state index in [0.29, 0.717) is 12.0 Å². The van der Waals surface area contributed by atoms with E-state index in [1.807, 2.05) is 19.3 Å². The zero-order valence-electron chi connectivity index (χ0n) is 19.5.